The molecule has 1 heterocycles. The van der Waals surface area contributed by atoms with Crippen LogP contribution in [0.15, 0.2) is 29.2 Å². The van der Waals surface area contributed by atoms with Crippen LogP contribution in [0, 0.1) is 0 Å². The topological polar surface area (TPSA) is 56.5 Å². The van der Waals surface area contributed by atoms with Gasteiger partial charge < -0.3 is 9.15 Å². The first kappa shape index (κ1) is 10.7. The Labute approximate surface area is 83.1 Å². The van der Waals surface area contributed by atoms with E-state index in [1.807, 2.05) is 9.24 Å². The Hall–Kier alpha value is -1.41. The van der Waals surface area contributed by atoms with E-state index in [4.69, 9.17) is 9.15 Å². The van der Waals surface area contributed by atoms with Gasteiger partial charge in [-0.2, -0.15) is 0 Å². The molecule has 0 bridgehead atoms. The van der Waals surface area contributed by atoms with Crippen LogP contribution >= 0.6 is 9.24 Å². The van der Waals surface area contributed by atoms with E-state index in [9.17, 15) is 9.59 Å². The molecule has 0 spiro atoms. The van der Waals surface area contributed by atoms with Gasteiger partial charge in [-0.15, -0.1) is 0 Å². The molecule has 14 heavy (non-hydrogen) atoms. The van der Waals surface area contributed by atoms with Crippen molar-refractivity contribution in [2.75, 3.05) is 6.61 Å². The zero-order valence-electron chi connectivity index (χ0n) is 7.36. The Balaban J connectivity index is 2.71. The summed E-state index contributed by atoms with van der Waals surface area (Å²) in [6.45, 7) is 3.51. The maximum absolute atomic E-state index is 11.2. The molecule has 0 saturated heterocycles. The molecule has 0 aliphatic carbocycles. The van der Waals surface area contributed by atoms with Crippen LogP contribution in [0.5, 0.6) is 0 Å². The molecule has 74 valence electrons. The molecule has 1 aromatic rings. The highest BCUT2D eigenvalue weighted by molar-refractivity contribution is 7.41. The van der Waals surface area contributed by atoms with Crippen molar-refractivity contribution < 1.29 is 18.7 Å². The van der Waals surface area contributed by atoms with Crippen LogP contribution in [0.4, 0.5) is 0 Å². The third-order valence-electron chi connectivity index (χ3n) is 1.38. The number of carbonyl (C=O) groups is 2. The summed E-state index contributed by atoms with van der Waals surface area (Å²) in [6, 6.07) is 2.81. The Morgan fingerprint density at radius 3 is 2.64 bits per heavy atom. The third-order valence-corrected chi connectivity index (χ3v) is 1.67. The first-order valence-electron chi connectivity index (χ1n) is 3.83. The average Bonchev–Trinajstić information content (AvgIpc) is 2.62. The quantitative estimate of drug-likeness (QED) is 0.432. The molecule has 1 rings (SSSR count). The smallest absolute Gasteiger partial charge is 0.374 e. The lowest BCUT2D eigenvalue weighted by molar-refractivity contribution is 0.0512. The highest BCUT2D eigenvalue weighted by atomic mass is 31.0. The fraction of sp³-hybridized carbons (Fsp3) is 0.111. The van der Waals surface area contributed by atoms with Crippen molar-refractivity contribution in [3.05, 3.63) is 36.3 Å². The van der Waals surface area contributed by atoms with Crippen LogP contribution < -0.4 is 0 Å². The van der Waals surface area contributed by atoms with Crippen molar-refractivity contribution in [1.82, 2.24) is 0 Å². The Morgan fingerprint density at radius 2 is 2.14 bits per heavy atom. The number of furan rings is 1. The Kier molecular flexibility index (Phi) is 3.60. The largest absolute Gasteiger partial charge is 0.456 e. The first-order chi connectivity index (χ1) is 6.65. The zero-order valence-corrected chi connectivity index (χ0v) is 8.51. The summed E-state index contributed by atoms with van der Waals surface area (Å²) in [5.74, 6) is -0.486. The van der Waals surface area contributed by atoms with Crippen LogP contribution in [0.1, 0.15) is 21.1 Å². The van der Waals surface area contributed by atoms with Crippen molar-refractivity contribution in [3.63, 3.8) is 0 Å². The average molecular weight is 212 g/mol. The number of carbonyl (C=O) groups excluding carboxylic acids is 2. The third kappa shape index (κ3) is 2.54. The van der Waals surface area contributed by atoms with Crippen molar-refractivity contribution >= 4 is 20.7 Å². The fourth-order valence-corrected chi connectivity index (χ4v) is 0.941. The first-order valence-corrected chi connectivity index (χ1v) is 4.40. The van der Waals surface area contributed by atoms with E-state index in [1.165, 1.54) is 18.2 Å². The van der Waals surface area contributed by atoms with E-state index in [0.717, 1.165) is 0 Å². The van der Waals surface area contributed by atoms with Gasteiger partial charge >= 0.3 is 5.97 Å². The predicted octanol–water partition coefficient (Wildman–Crippen LogP) is 1.64. The summed E-state index contributed by atoms with van der Waals surface area (Å²) in [6.07, 6.45) is 1.45. The fourth-order valence-electron chi connectivity index (χ4n) is 0.786. The van der Waals surface area contributed by atoms with Gasteiger partial charge in [0.15, 0.2) is 5.76 Å². The monoisotopic (exact) mass is 212 g/mol. The highest BCUT2D eigenvalue weighted by Crippen LogP contribution is 2.12. The second kappa shape index (κ2) is 4.72. The van der Waals surface area contributed by atoms with Gasteiger partial charge in [0.2, 0.25) is 11.3 Å². The van der Waals surface area contributed by atoms with Gasteiger partial charge in [0.05, 0.1) is 0 Å². The lowest BCUT2D eigenvalue weighted by atomic mass is 10.4. The molecule has 0 aromatic carbocycles. The summed E-state index contributed by atoms with van der Waals surface area (Å²) in [5.41, 5.74) is -0.312. The molecule has 1 atom stereocenters. The SMILES string of the molecule is C=CCOC(=O)c1ccc(C(=O)P)o1. The number of rotatable bonds is 4. The molecule has 0 fully saturated rings. The minimum Gasteiger partial charge on any atom is -0.456 e. The summed E-state index contributed by atoms with van der Waals surface area (Å²) < 4.78 is 9.63. The number of hydrogen-bond donors (Lipinski definition) is 0. The maximum Gasteiger partial charge on any atom is 0.374 e. The van der Waals surface area contributed by atoms with Gasteiger partial charge in [0, 0.05) is 0 Å². The van der Waals surface area contributed by atoms with Crippen LogP contribution in [0.25, 0.3) is 0 Å². The zero-order chi connectivity index (χ0) is 10.6. The Bertz CT molecular complexity index is 367. The molecule has 1 unspecified atom stereocenters. The van der Waals surface area contributed by atoms with Gasteiger partial charge in [0.25, 0.3) is 0 Å². The second-order valence-corrected chi connectivity index (χ2v) is 2.94. The van der Waals surface area contributed by atoms with E-state index < -0.39 is 5.97 Å². The van der Waals surface area contributed by atoms with Crippen LogP contribution in [0.3, 0.4) is 0 Å². The molecule has 0 aliphatic rings. The van der Waals surface area contributed by atoms with E-state index in [0.29, 0.717) is 0 Å². The summed E-state index contributed by atoms with van der Waals surface area (Å²) in [4.78, 5) is 22.0. The highest BCUT2D eigenvalue weighted by Gasteiger charge is 2.13. The van der Waals surface area contributed by atoms with E-state index >= 15 is 0 Å². The summed E-state index contributed by atoms with van der Waals surface area (Å²) in [5, 5.41) is 0. The van der Waals surface area contributed by atoms with Crippen molar-refractivity contribution in [2.45, 2.75) is 0 Å². The van der Waals surface area contributed by atoms with E-state index in [2.05, 4.69) is 6.58 Å². The number of hydrogen-bond acceptors (Lipinski definition) is 4. The van der Waals surface area contributed by atoms with Gasteiger partial charge in [-0.3, -0.25) is 4.79 Å². The summed E-state index contributed by atoms with van der Waals surface area (Å²) >= 11 is 0. The molecule has 0 aliphatic heterocycles. The van der Waals surface area contributed by atoms with Crippen molar-refractivity contribution in [1.29, 1.82) is 0 Å². The molecule has 0 saturated carbocycles. The number of ether oxygens (including phenoxy) is 1. The van der Waals surface area contributed by atoms with Crippen LogP contribution in [-0.2, 0) is 4.74 Å². The number of esters is 1. The van der Waals surface area contributed by atoms with Gasteiger partial charge in [0.1, 0.15) is 6.61 Å². The van der Waals surface area contributed by atoms with Crippen LogP contribution in [0.2, 0.25) is 0 Å². The Morgan fingerprint density at radius 1 is 1.50 bits per heavy atom. The van der Waals surface area contributed by atoms with Gasteiger partial charge in [-0.05, 0) is 12.1 Å². The predicted molar refractivity (Wildman–Crippen MR) is 53.2 cm³/mol. The minimum absolute atomic E-state index is 0.0117. The van der Waals surface area contributed by atoms with E-state index in [1.54, 1.807) is 0 Å². The molecule has 0 amide bonds. The molecule has 0 N–H and O–H groups in total. The van der Waals surface area contributed by atoms with E-state index in [-0.39, 0.29) is 23.7 Å². The van der Waals surface area contributed by atoms with Gasteiger partial charge in [-0.25, -0.2) is 4.79 Å². The normalized spacial score (nSPS) is 9.50. The van der Waals surface area contributed by atoms with Crippen molar-refractivity contribution in [2.24, 2.45) is 0 Å². The second-order valence-electron chi connectivity index (χ2n) is 2.42. The lowest BCUT2D eigenvalue weighted by Gasteiger charge is -1.96. The molecular formula is C9H9O4P. The molecular weight excluding hydrogens is 203 g/mol. The maximum atomic E-state index is 11.2. The van der Waals surface area contributed by atoms with Crippen molar-refractivity contribution in [3.8, 4) is 0 Å². The molecule has 4 nitrogen and oxygen atoms in total. The lowest BCUT2D eigenvalue weighted by Crippen LogP contribution is -2.03. The molecule has 5 heteroatoms. The molecule has 1 aromatic heterocycles. The summed E-state index contributed by atoms with van der Waals surface area (Å²) in [7, 11) is 1.95. The minimum atomic E-state index is -0.609. The van der Waals surface area contributed by atoms with Gasteiger partial charge in [-0.1, -0.05) is 21.9 Å². The standard InChI is InChI=1S/C9H9O4P/c1-2-5-12-8(10)6-3-4-7(13-6)9(11)14/h2-4H,1,5,14H2. The molecule has 0 radical (unpaired) electrons. The van der Waals surface area contributed by atoms with Crippen LogP contribution in [-0.4, -0.2) is 18.1 Å².